The van der Waals surface area contributed by atoms with E-state index in [0.717, 1.165) is 12.1 Å². The lowest BCUT2D eigenvalue weighted by Crippen LogP contribution is -2.26. The predicted molar refractivity (Wildman–Crippen MR) is 79.4 cm³/mol. The van der Waals surface area contributed by atoms with Gasteiger partial charge in [-0.1, -0.05) is 12.1 Å². The molecule has 1 N–H and O–H groups in total. The number of nitrogens with one attached hydrogen (secondary N) is 1. The van der Waals surface area contributed by atoms with E-state index >= 15 is 0 Å². The van der Waals surface area contributed by atoms with Crippen molar-refractivity contribution in [2.75, 3.05) is 6.54 Å². The van der Waals surface area contributed by atoms with Crippen molar-refractivity contribution in [1.82, 2.24) is 4.72 Å². The van der Waals surface area contributed by atoms with Gasteiger partial charge in [0.05, 0.1) is 4.90 Å². The van der Waals surface area contributed by atoms with Gasteiger partial charge in [-0.3, -0.25) is 0 Å². The summed E-state index contributed by atoms with van der Waals surface area (Å²) in [5.74, 6) is -0.891. The van der Waals surface area contributed by atoms with Crippen LogP contribution in [0.4, 0.5) is 8.78 Å². The third kappa shape index (κ3) is 4.33. The number of halogens is 3. The fourth-order valence-electron chi connectivity index (χ4n) is 1.79. The van der Waals surface area contributed by atoms with E-state index in [4.69, 9.17) is 0 Å². The maximum absolute atomic E-state index is 13.0. The summed E-state index contributed by atoms with van der Waals surface area (Å²) in [5.41, 5.74) is 0.691. The molecule has 2 aromatic carbocycles. The Balaban J connectivity index is 2.05. The highest BCUT2D eigenvalue weighted by atomic mass is 79.9. The zero-order valence-electron chi connectivity index (χ0n) is 10.8. The fourth-order valence-corrected chi connectivity index (χ4v) is 3.87. The number of benzene rings is 2. The first-order valence-corrected chi connectivity index (χ1v) is 8.35. The highest BCUT2D eigenvalue weighted by molar-refractivity contribution is 9.10. The van der Waals surface area contributed by atoms with E-state index in [-0.39, 0.29) is 21.7 Å². The smallest absolute Gasteiger partial charge is 0.211 e. The molecule has 0 aromatic heterocycles. The average molecular weight is 376 g/mol. The Kier molecular flexibility index (Phi) is 5.08. The molecule has 0 amide bonds. The third-order valence-corrected chi connectivity index (χ3v) is 5.22. The predicted octanol–water partition coefficient (Wildman–Crippen LogP) is 3.25. The van der Waals surface area contributed by atoms with Gasteiger partial charge in [0.2, 0.25) is 10.0 Å². The maximum Gasteiger partial charge on any atom is 0.241 e. The summed E-state index contributed by atoms with van der Waals surface area (Å²) in [7, 11) is -3.75. The van der Waals surface area contributed by atoms with Gasteiger partial charge in [0, 0.05) is 11.0 Å². The number of sulfonamides is 1. The summed E-state index contributed by atoms with van der Waals surface area (Å²) in [6.45, 7) is 0.121. The zero-order chi connectivity index (χ0) is 15.5. The van der Waals surface area contributed by atoms with E-state index in [1.165, 1.54) is 18.2 Å². The lowest BCUT2D eigenvalue weighted by molar-refractivity contribution is 0.580. The van der Waals surface area contributed by atoms with Gasteiger partial charge in [0.15, 0.2) is 0 Å². The normalized spacial score (nSPS) is 11.6. The molecule has 0 bridgehead atoms. The lowest BCUT2D eigenvalue weighted by Gasteiger charge is -2.08. The molecular formula is C14H12BrF2NO2S. The van der Waals surface area contributed by atoms with Gasteiger partial charge < -0.3 is 0 Å². The first-order valence-electron chi connectivity index (χ1n) is 6.08. The summed E-state index contributed by atoms with van der Waals surface area (Å²) in [5, 5.41) is 0. The minimum Gasteiger partial charge on any atom is -0.211 e. The van der Waals surface area contributed by atoms with E-state index in [1.54, 1.807) is 12.1 Å². The van der Waals surface area contributed by atoms with Crippen LogP contribution >= 0.6 is 15.9 Å². The molecule has 2 rings (SSSR count). The molecule has 0 spiro atoms. The second-order valence-corrected chi connectivity index (χ2v) is 6.94. The minimum absolute atomic E-state index is 0.0388. The van der Waals surface area contributed by atoms with Crippen molar-refractivity contribution in [1.29, 1.82) is 0 Å². The number of hydrogen-bond donors (Lipinski definition) is 1. The quantitative estimate of drug-likeness (QED) is 0.871. The molecule has 7 heteroatoms. The van der Waals surface area contributed by atoms with Gasteiger partial charge in [-0.15, -0.1) is 0 Å². The van der Waals surface area contributed by atoms with Crippen molar-refractivity contribution in [3.05, 3.63) is 64.1 Å². The maximum atomic E-state index is 13.0. The molecule has 0 heterocycles. The van der Waals surface area contributed by atoms with Gasteiger partial charge >= 0.3 is 0 Å². The van der Waals surface area contributed by atoms with E-state index < -0.39 is 15.8 Å². The molecule has 0 aliphatic carbocycles. The van der Waals surface area contributed by atoms with Gasteiger partial charge in [-0.2, -0.15) is 0 Å². The van der Waals surface area contributed by atoms with Gasteiger partial charge in [-0.25, -0.2) is 21.9 Å². The Morgan fingerprint density at radius 1 is 1.05 bits per heavy atom. The Hall–Kier alpha value is -1.31. The molecule has 112 valence electrons. The van der Waals surface area contributed by atoms with Crippen molar-refractivity contribution >= 4 is 26.0 Å². The van der Waals surface area contributed by atoms with Crippen molar-refractivity contribution in [3.63, 3.8) is 0 Å². The van der Waals surface area contributed by atoms with Crippen molar-refractivity contribution < 1.29 is 17.2 Å². The van der Waals surface area contributed by atoms with Crippen LogP contribution in [-0.4, -0.2) is 15.0 Å². The molecular weight excluding hydrogens is 364 g/mol. The summed E-state index contributed by atoms with van der Waals surface area (Å²) in [6, 6.07) is 9.29. The van der Waals surface area contributed by atoms with E-state index in [1.807, 2.05) is 0 Å². The van der Waals surface area contributed by atoms with Crippen LogP contribution in [0.5, 0.6) is 0 Å². The molecule has 0 aliphatic rings. The van der Waals surface area contributed by atoms with Crippen LogP contribution in [0.25, 0.3) is 0 Å². The second-order valence-electron chi connectivity index (χ2n) is 4.35. The third-order valence-electron chi connectivity index (χ3n) is 2.78. The topological polar surface area (TPSA) is 46.2 Å². The van der Waals surface area contributed by atoms with Crippen LogP contribution in [0.3, 0.4) is 0 Å². The highest BCUT2D eigenvalue weighted by Crippen LogP contribution is 2.22. The fraction of sp³-hybridized carbons (Fsp3) is 0.143. The molecule has 0 fully saturated rings. The van der Waals surface area contributed by atoms with Crippen LogP contribution < -0.4 is 4.72 Å². The summed E-state index contributed by atoms with van der Waals surface area (Å²) in [4.78, 5) is -0.0388. The Morgan fingerprint density at radius 2 is 1.76 bits per heavy atom. The summed E-state index contributed by atoms with van der Waals surface area (Å²) in [6.07, 6.45) is 0.357. The SMILES string of the molecule is O=S(=O)(NCCc1cccc(F)c1)c1ccc(F)cc1Br. The highest BCUT2D eigenvalue weighted by Gasteiger charge is 2.17. The van der Waals surface area contributed by atoms with Gasteiger partial charge in [0.1, 0.15) is 11.6 Å². The molecule has 0 aliphatic heterocycles. The van der Waals surface area contributed by atoms with Crippen LogP contribution in [0.1, 0.15) is 5.56 Å². The van der Waals surface area contributed by atoms with E-state index in [0.29, 0.717) is 12.0 Å². The van der Waals surface area contributed by atoms with Crippen LogP contribution in [-0.2, 0) is 16.4 Å². The second kappa shape index (κ2) is 6.64. The van der Waals surface area contributed by atoms with Crippen molar-refractivity contribution in [3.8, 4) is 0 Å². The standard InChI is InChI=1S/C14H12BrF2NO2S/c15-13-9-12(17)4-5-14(13)21(19,20)18-7-6-10-2-1-3-11(16)8-10/h1-5,8-9,18H,6-7H2. The molecule has 0 atom stereocenters. The van der Waals surface area contributed by atoms with Crippen LogP contribution in [0.2, 0.25) is 0 Å². The van der Waals surface area contributed by atoms with Crippen molar-refractivity contribution in [2.45, 2.75) is 11.3 Å². The molecule has 0 radical (unpaired) electrons. The Morgan fingerprint density at radius 3 is 2.43 bits per heavy atom. The Bertz CT molecular complexity index is 750. The Labute approximate surface area is 130 Å². The number of rotatable bonds is 5. The summed E-state index contributed by atoms with van der Waals surface area (Å²) >= 11 is 3.02. The average Bonchev–Trinajstić information content (AvgIpc) is 2.38. The van der Waals surface area contributed by atoms with Crippen LogP contribution in [0.15, 0.2) is 51.8 Å². The summed E-state index contributed by atoms with van der Waals surface area (Å²) < 4.78 is 52.7. The number of hydrogen-bond acceptors (Lipinski definition) is 2. The first-order chi connectivity index (χ1) is 9.88. The van der Waals surface area contributed by atoms with Gasteiger partial charge in [-0.05, 0) is 58.2 Å². The van der Waals surface area contributed by atoms with E-state index in [9.17, 15) is 17.2 Å². The van der Waals surface area contributed by atoms with Crippen LogP contribution in [0, 0.1) is 11.6 Å². The van der Waals surface area contributed by atoms with Crippen molar-refractivity contribution in [2.24, 2.45) is 0 Å². The molecule has 0 saturated carbocycles. The minimum atomic E-state index is -3.75. The molecule has 2 aromatic rings. The zero-order valence-corrected chi connectivity index (χ0v) is 13.2. The monoisotopic (exact) mass is 375 g/mol. The molecule has 0 unspecified atom stereocenters. The molecule has 0 saturated heterocycles. The largest absolute Gasteiger partial charge is 0.241 e. The van der Waals surface area contributed by atoms with E-state index in [2.05, 4.69) is 20.7 Å². The molecule has 3 nitrogen and oxygen atoms in total. The van der Waals surface area contributed by atoms with Gasteiger partial charge in [0.25, 0.3) is 0 Å². The molecule has 21 heavy (non-hydrogen) atoms. The lowest BCUT2D eigenvalue weighted by atomic mass is 10.1. The first kappa shape index (κ1) is 16.1.